The zero-order valence-corrected chi connectivity index (χ0v) is 17.2. The Morgan fingerprint density at radius 3 is 2.75 bits per heavy atom. The van der Waals surface area contributed by atoms with Gasteiger partial charge in [-0.2, -0.15) is 0 Å². The van der Waals surface area contributed by atoms with Gasteiger partial charge < -0.3 is 5.32 Å². The van der Waals surface area contributed by atoms with Crippen molar-refractivity contribution in [3.63, 3.8) is 0 Å². The van der Waals surface area contributed by atoms with Crippen molar-refractivity contribution in [2.75, 3.05) is 18.6 Å². The molecule has 0 bridgehead atoms. The van der Waals surface area contributed by atoms with Gasteiger partial charge in [0.25, 0.3) is 0 Å². The van der Waals surface area contributed by atoms with Gasteiger partial charge in [-0.05, 0) is 38.0 Å². The van der Waals surface area contributed by atoms with Crippen LogP contribution in [0.5, 0.6) is 0 Å². The van der Waals surface area contributed by atoms with Crippen molar-refractivity contribution in [3.8, 4) is 0 Å². The summed E-state index contributed by atoms with van der Waals surface area (Å²) in [6.45, 7) is 1.98. The molecule has 28 heavy (non-hydrogen) atoms. The van der Waals surface area contributed by atoms with Crippen molar-refractivity contribution in [2.45, 2.75) is 37.5 Å². The van der Waals surface area contributed by atoms with Crippen LogP contribution in [0.2, 0.25) is 0 Å². The molecule has 2 heterocycles. The fourth-order valence-electron chi connectivity index (χ4n) is 3.43. The van der Waals surface area contributed by atoms with Gasteiger partial charge in [-0.25, -0.2) is 8.57 Å². The van der Waals surface area contributed by atoms with Crippen molar-refractivity contribution >= 4 is 38.3 Å². The minimum Gasteiger partial charge on any atom is -0.353 e. The second-order valence-electron chi connectivity index (χ2n) is 7.50. The summed E-state index contributed by atoms with van der Waals surface area (Å²) in [5.41, 5.74) is 4.96. The van der Waals surface area contributed by atoms with E-state index >= 15 is 0 Å². The summed E-state index contributed by atoms with van der Waals surface area (Å²) < 4.78 is 16.9. The minimum absolute atomic E-state index is 0.209. The van der Waals surface area contributed by atoms with Gasteiger partial charge in [0.15, 0.2) is 0 Å². The Morgan fingerprint density at radius 1 is 1.29 bits per heavy atom. The lowest BCUT2D eigenvalue weighted by atomic mass is 10.1. The quantitative estimate of drug-likeness (QED) is 0.797. The zero-order valence-electron chi connectivity index (χ0n) is 16.4. The Labute approximate surface area is 165 Å². The summed E-state index contributed by atoms with van der Waals surface area (Å²) in [6, 6.07) is 9.36. The third kappa shape index (κ3) is 3.71. The monoisotopic (exact) mass is 396 g/mol. The number of para-hydroxylation sites is 1. The molecular weight excluding hydrogens is 372 g/mol. The molecule has 7 heteroatoms. The van der Waals surface area contributed by atoms with Crippen LogP contribution in [-0.4, -0.2) is 34.0 Å². The van der Waals surface area contributed by atoms with E-state index < -0.39 is 9.73 Å². The molecule has 1 N–H and O–H groups in total. The summed E-state index contributed by atoms with van der Waals surface area (Å²) >= 11 is 0. The van der Waals surface area contributed by atoms with Gasteiger partial charge in [0.1, 0.15) is 11.5 Å². The van der Waals surface area contributed by atoms with E-state index in [1.165, 1.54) is 0 Å². The number of hydrogen-bond donors (Lipinski definition) is 1. The Hall–Kier alpha value is -2.54. The molecule has 0 radical (unpaired) electrons. The molecule has 0 spiro atoms. The molecule has 146 valence electrons. The van der Waals surface area contributed by atoms with Gasteiger partial charge in [-0.3, -0.25) is 14.8 Å². The number of Topliss-reactive ketones (excluding diaryl/α,β-unsaturated/α-hetero) is 1. The topological polar surface area (TPSA) is 83.8 Å². The van der Waals surface area contributed by atoms with Gasteiger partial charge >= 0.3 is 0 Å². The molecule has 0 unspecified atom stereocenters. The number of aromatic nitrogens is 1. The van der Waals surface area contributed by atoms with Crippen LogP contribution in [0.1, 0.15) is 31.2 Å². The minimum atomic E-state index is -2.50. The van der Waals surface area contributed by atoms with Crippen molar-refractivity contribution < 1.29 is 9.00 Å². The number of fused-ring (bicyclic) bond motifs is 1. The Balaban J connectivity index is 1.74. The zero-order chi connectivity index (χ0) is 19.9. The highest BCUT2D eigenvalue weighted by Crippen LogP contribution is 2.38. The van der Waals surface area contributed by atoms with Crippen molar-refractivity contribution in [2.24, 2.45) is 15.3 Å². The van der Waals surface area contributed by atoms with Crippen LogP contribution in [-0.2, 0) is 27.4 Å². The third-order valence-electron chi connectivity index (χ3n) is 5.14. The fourth-order valence-corrected chi connectivity index (χ4v) is 4.48. The maximum atomic E-state index is 12.9. The Kier molecular flexibility index (Phi) is 4.79. The summed E-state index contributed by atoms with van der Waals surface area (Å²) in [5.74, 6) is 0.469. The molecule has 1 aromatic carbocycles. The second-order valence-corrected chi connectivity index (χ2v) is 9.91. The summed E-state index contributed by atoms with van der Waals surface area (Å²) in [7, 11) is -0.931. The van der Waals surface area contributed by atoms with E-state index in [0.717, 1.165) is 47.0 Å². The number of benzene rings is 1. The van der Waals surface area contributed by atoms with Gasteiger partial charge in [0.2, 0.25) is 0 Å². The van der Waals surface area contributed by atoms with E-state index in [-0.39, 0.29) is 11.7 Å². The van der Waals surface area contributed by atoms with Crippen LogP contribution in [0.25, 0.3) is 0 Å². The number of aliphatic imine (C=N–C) groups is 1. The van der Waals surface area contributed by atoms with E-state index in [9.17, 15) is 9.00 Å². The van der Waals surface area contributed by atoms with Crippen LogP contribution >= 0.6 is 0 Å². The van der Waals surface area contributed by atoms with Gasteiger partial charge in [0.05, 0.1) is 37.4 Å². The normalized spacial score (nSPS) is 17.5. The van der Waals surface area contributed by atoms with E-state index in [1.807, 2.05) is 37.3 Å². The summed E-state index contributed by atoms with van der Waals surface area (Å²) in [6.07, 6.45) is 4.66. The number of anilines is 2. The van der Waals surface area contributed by atoms with Crippen molar-refractivity contribution in [3.05, 3.63) is 41.7 Å². The maximum Gasteiger partial charge on any atom is 0.141 e. The fraction of sp³-hybridized carbons (Fsp3) is 0.381. The predicted molar refractivity (Wildman–Crippen MR) is 113 cm³/mol. The molecule has 1 aliphatic carbocycles. The molecular formula is C21H24N4O2S. The molecule has 1 aliphatic heterocycles. The number of nitrogens with zero attached hydrogens (tertiary/aromatic N) is 3. The molecule has 0 saturated heterocycles. The largest absolute Gasteiger partial charge is 0.353 e. The highest BCUT2D eigenvalue weighted by Gasteiger charge is 2.30. The van der Waals surface area contributed by atoms with Crippen LogP contribution < -0.4 is 5.32 Å². The maximum absolute atomic E-state index is 12.9. The number of carbonyl (C=O) groups excluding carboxylic acids is 1. The first kappa shape index (κ1) is 18.8. The number of rotatable bonds is 6. The molecule has 4 rings (SSSR count). The highest BCUT2D eigenvalue weighted by atomic mass is 32.2. The van der Waals surface area contributed by atoms with Gasteiger partial charge in [-0.15, -0.1) is 0 Å². The van der Waals surface area contributed by atoms with E-state index in [4.69, 9.17) is 4.98 Å². The van der Waals surface area contributed by atoms with Crippen molar-refractivity contribution in [1.29, 1.82) is 0 Å². The number of nitrogens with one attached hydrogen (secondary N) is 1. The first-order valence-corrected chi connectivity index (χ1v) is 11.4. The summed E-state index contributed by atoms with van der Waals surface area (Å²) in [5, 5.41) is 3.39. The average Bonchev–Trinajstić information content (AvgIpc) is 3.44. The molecule has 1 fully saturated rings. The SMILES string of the molecule is CN=[S@](C)(=O)c1ccccc1Nc1cc(CC(=O)C2CC2)nc2c1N=C(C)C2. The standard InChI is InChI=1S/C21H24N4O2S/c1-13-10-17-21(23-13)18(11-15(24-17)12-19(26)14-8-9-14)25-16-6-4-5-7-20(16)28(3,27)22-2/h4-7,11,14H,8-10,12H2,1-3H3,(H,24,25)/t28-/m1/s1. The summed E-state index contributed by atoms with van der Waals surface area (Å²) in [4.78, 5) is 22.3. The van der Waals surface area contributed by atoms with Crippen molar-refractivity contribution in [1.82, 2.24) is 4.98 Å². The van der Waals surface area contributed by atoms with E-state index in [0.29, 0.717) is 17.7 Å². The van der Waals surface area contributed by atoms with E-state index in [1.54, 1.807) is 13.3 Å². The number of pyridine rings is 1. The first-order valence-electron chi connectivity index (χ1n) is 9.43. The smallest absolute Gasteiger partial charge is 0.141 e. The molecule has 2 aliphatic rings. The Bertz CT molecular complexity index is 1110. The van der Waals surface area contributed by atoms with Crippen LogP contribution in [0.4, 0.5) is 17.1 Å². The number of hydrogen-bond acceptors (Lipinski definition) is 6. The average molecular weight is 397 g/mol. The van der Waals surface area contributed by atoms with Gasteiger partial charge in [0, 0.05) is 37.8 Å². The first-order chi connectivity index (χ1) is 13.4. The number of ketones is 1. The highest BCUT2D eigenvalue weighted by molar-refractivity contribution is 7.93. The number of carbonyl (C=O) groups is 1. The molecule has 1 aromatic heterocycles. The predicted octanol–water partition coefficient (Wildman–Crippen LogP) is 4.08. The van der Waals surface area contributed by atoms with E-state index in [2.05, 4.69) is 14.7 Å². The molecule has 1 atom stereocenters. The van der Waals surface area contributed by atoms with Crippen LogP contribution in [0, 0.1) is 5.92 Å². The van der Waals surface area contributed by atoms with Gasteiger partial charge in [-0.1, -0.05) is 12.1 Å². The third-order valence-corrected chi connectivity index (χ3v) is 7.01. The molecule has 2 aromatic rings. The molecule has 0 amide bonds. The Morgan fingerprint density at radius 2 is 2.04 bits per heavy atom. The second kappa shape index (κ2) is 7.13. The molecule has 1 saturated carbocycles. The molecule has 6 nitrogen and oxygen atoms in total. The lowest BCUT2D eigenvalue weighted by Crippen LogP contribution is -2.09. The lowest BCUT2D eigenvalue weighted by Gasteiger charge is -2.15. The van der Waals surface area contributed by atoms with Crippen LogP contribution in [0.3, 0.4) is 0 Å². The van der Waals surface area contributed by atoms with Crippen LogP contribution in [0.15, 0.2) is 44.6 Å². The lowest BCUT2D eigenvalue weighted by molar-refractivity contribution is -0.119.